The molecule has 31 heavy (non-hydrogen) atoms. The van der Waals surface area contributed by atoms with E-state index in [0.717, 1.165) is 4.90 Å². The number of hydrogen-bond acceptors (Lipinski definition) is 6. The van der Waals surface area contributed by atoms with Crippen LogP contribution in [0.4, 0.5) is 13.2 Å². The van der Waals surface area contributed by atoms with Gasteiger partial charge in [-0.1, -0.05) is 12.1 Å². The van der Waals surface area contributed by atoms with Crippen molar-refractivity contribution in [2.45, 2.75) is 56.5 Å². The summed E-state index contributed by atoms with van der Waals surface area (Å²) >= 11 is 0. The molecule has 0 spiro atoms. The minimum atomic E-state index is -4.53. The maximum absolute atomic E-state index is 13.6. The second-order valence-electron chi connectivity index (χ2n) is 8.05. The Balaban J connectivity index is 1.65. The number of carbonyl (C=O) groups is 4. The molecule has 4 amide bonds. The Morgan fingerprint density at radius 2 is 1.84 bits per heavy atom. The van der Waals surface area contributed by atoms with Crippen molar-refractivity contribution < 1.29 is 32.3 Å². The van der Waals surface area contributed by atoms with Crippen molar-refractivity contribution in [2.75, 3.05) is 6.54 Å². The molecule has 0 aliphatic carbocycles. The average Bonchev–Trinajstić information content (AvgIpc) is 2.93. The summed E-state index contributed by atoms with van der Waals surface area (Å²) in [7, 11) is 0. The van der Waals surface area contributed by atoms with Crippen LogP contribution in [-0.2, 0) is 16.1 Å². The van der Waals surface area contributed by atoms with Gasteiger partial charge in [-0.15, -0.1) is 0 Å². The zero-order valence-corrected chi connectivity index (χ0v) is 16.4. The Hall–Kier alpha value is -2.79. The number of nitrogens with two attached hydrogens (primary N) is 1. The molecule has 0 bridgehead atoms. The van der Waals surface area contributed by atoms with Crippen molar-refractivity contribution in [1.29, 1.82) is 0 Å². The van der Waals surface area contributed by atoms with E-state index in [1.807, 2.05) is 0 Å². The maximum Gasteiger partial charge on any atom is 0.405 e. The number of amides is 4. The molecule has 2 fully saturated rings. The van der Waals surface area contributed by atoms with Crippen LogP contribution in [0.2, 0.25) is 0 Å². The number of alkyl halides is 3. The normalized spacial score (nSPS) is 27.5. The second-order valence-corrected chi connectivity index (χ2v) is 8.05. The molecule has 0 aromatic heterocycles. The first-order valence-electron chi connectivity index (χ1n) is 9.99. The zero-order valence-electron chi connectivity index (χ0n) is 16.4. The molecule has 8 nitrogen and oxygen atoms in total. The number of likely N-dealkylation sites (tertiary alicyclic amines) is 1. The lowest BCUT2D eigenvalue weighted by Gasteiger charge is -2.40. The molecule has 11 heteroatoms. The highest BCUT2D eigenvalue weighted by Gasteiger charge is 2.50. The van der Waals surface area contributed by atoms with E-state index < -0.39 is 47.9 Å². The number of fused-ring (bicyclic) bond motifs is 1. The van der Waals surface area contributed by atoms with Gasteiger partial charge in [-0.05, 0) is 37.4 Å². The first-order valence-corrected chi connectivity index (χ1v) is 9.99. The summed E-state index contributed by atoms with van der Waals surface area (Å²) in [6, 6.07) is 0.349. The standard InChI is InChI=1S/C20H21F3N4O4/c21-20(22,23)16-12(24)5-2-8-26(16)9-10-3-1-4-11-15(10)19(31)27(18(11)30)13-6-7-14(28)25-17(13)29/h1,3-4,12-13,16H,2,5-9,24H2,(H,25,28,29). The van der Waals surface area contributed by atoms with Gasteiger partial charge in [0.2, 0.25) is 11.8 Å². The van der Waals surface area contributed by atoms with Gasteiger partial charge in [-0.3, -0.25) is 34.3 Å². The molecule has 166 valence electrons. The van der Waals surface area contributed by atoms with E-state index in [2.05, 4.69) is 5.32 Å². The van der Waals surface area contributed by atoms with Crippen LogP contribution in [0.25, 0.3) is 0 Å². The predicted octanol–water partition coefficient (Wildman–Crippen LogP) is 0.942. The van der Waals surface area contributed by atoms with E-state index in [9.17, 15) is 32.3 Å². The molecule has 4 rings (SSSR count). The summed E-state index contributed by atoms with van der Waals surface area (Å²) in [5.41, 5.74) is 6.06. The summed E-state index contributed by atoms with van der Waals surface area (Å²) in [4.78, 5) is 51.6. The van der Waals surface area contributed by atoms with Crippen LogP contribution in [0, 0.1) is 0 Å². The van der Waals surface area contributed by atoms with Gasteiger partial charge in [-0.25, -0.2) is 0 Å². The van der Waals surface area contributed by atoms with Crippen molar-refractivity contribution in [2.24, 2.45) is 5.73 Å². The number of hydrogen-bond donors (Lipinski definition) is 2. The smallest absolute Gasteiger partial charge is 0.326 e. The number of nitrogens with one attached hydrogen (secondary N) is 1. The van der Waals surface area contributed by atoms with Gasteiger partial charge in [0.1, 0.15) is 12.1 Å². The third-order valence-electron chi connectivity index (χ3n) is 6.04. The van der Waals surface area contributed by atoms with Crippen molar-refractivity contribution in [1.82, 2.24) is 15.1 Å². The van der Waals surface area contributed by atoms with Crippen LogP contribution in [0.3, 0.4) is 0 Å². The molecule has 3 N–H and O–H groups in total. The lowest BCUT2D eigenvalue weighted by molar-refractivity contribution is -0.197. The minimum absolute atomic E-state index is 0.00253. The van der Waals surface area contributed by atoms with E-state index in [4.69, 9.17) is 5.73 Å². The van der Waals surface area contributed by atoms with Crippen LogP contribution in [0.5, 0.6) is 0 Å². The Kier molecular flexibility index (Phi) is 5.34. The Bertz CT molecular complexity index is 964. The van der Waals surface area contributed by atoms with E-state index in [1.165, 1.54) is 23.1 Å². The van der Waals surface area contributed by atoms with E-state index in [-0.39, 0.29) is 49.0 Å². The van der Waals surface area contributed by atoms with Crippen LogP contribution < -0.4 is 11.1 Å². The SMILES string of the molecule is NC1CCCN(Cc2cccc3c2C(=O)N(C2CCC(=O)NC2=O)C3=O)C1C(F)(F)F. The molecule has 3 heterocycles. The lowest BCUT2D eigenvalue weighted by atomic mass is 9.94. The number of rotatable bonds is 3. The van der Waals surface area contributed by atoms with Gasteiger partial charge in [0, 0.05) is 19.0 Å². The third kappa shape index (κ3) is 3.72. The number of nitrogens with zero attached hydrogens (tertiary/aromatic N) is 2. The summed E-state index contributed by atoms with van der Waals surface area (Å²) < 4.78 is 40.8. The highest BCUT2D eigenvalue weighted by atomic mass is 19.4. The molecule has 1 aromatic carbocycles. The summed E-state index contributed by atoms with van der Waals surface area (Å²) in [5.74, 6) is -2.67. The van der Waals surface area contributed by atoms with Crippen LogP contribution >= 0.6 is 0 Å². The van der Waals surface area contributed by atoms with Gasteiger partial charge < -0.3 is 5.73 Å². The van der Waals surface area contributed by atoms with Crippen LogP contribution in [0.1, 0.15) is 52.0 Å². The molecular weight excluding hydrogens is 417 g/mol. The number of benzene rings is 1. The predicted molar refractivity (Wildman–Crippen MR) is 101 cm³/mol. The topological polar surface area (TPSA) is 113 Å². The number of carbonyl (C=O) groups excluding carboxylic acids is 4. The van der Waals surface area contributed by atoms with Crippen molar-refractivity contribution in [3.05, 3.63) is 34.9 Å². The van der Waals surface area contributed by atoms with Crippen molar-refractivity contribution in [3.63, 3.8) is 0 Å². The van der Waals surface area contributed by atoms with Crippen molar-refractivity contribution >= 4 is 23.6 Å². The van der Waals surface area contributed by atoms with E-state index in [0.29, 0.717) is 6.42 Å². The van der Waals surface area contributed by atoms with Gasteiger partial charge in [-0.2, -0.15) is 13.2 Å². The van der Waals surface area contributed by atoms with Crippen molar-refractivity contribution in [3.8, 4) is 0 Å². The Morgan fingerprint density at radius 1 is 1.10 bits per heavy atom. The largest absolute Gasteiger partial charge is 0.405 e. The molecule has 0 radical (unpaired) electrons. The molecular formula is C20H21F3N4O4. The third-order valence-corrected chi connectivity index (χ3v) is 6.04. The van der Waals surface area contributed by atoms with Gasteiger partial charge in [0.25, 0.3) is 11.8 Å². The van der Waals surface area contributed by atoms with Gasteiger partial charge in [0.15, 0.2) is 0 Å². The van der Waals surface area contributed by atoms with E-state index in [1.54, 1.807) is 0 Å². The molecule has 3 aliphatic heterocycles. The highest BCUT2D eigenvalue weighted by molar-refractivity contribution is 6.24. The Morgan fingerprint density at radius 3 is 2.52 bits per heavy atom. The maximum atomic E-state index is 13.6. The quantitative estimate of drug-likeness (QED) is 0.680. The number of imide groups is 2. The molecule has 0 saturated carbocycles. The molecule has 3 atom stereocenters. The molecule has 3 aliphatic rings. The Labute approximate surface area is 175 Å². The van der Waals surface area contributed by atoms with Gasteiger partial charge in [0.05, 0.1) is 11.1 Å². The fourth-order valence-electron chi connectivity index (χ4n) is 4.66. The van der Waals surface area contributed by atoms with Crippen LogP contribution in [-0.4, -0.2) is 64.3 Å². The summed E-state index contributed by atoms with van der Waals surface area (Å²) in [5, 5.41) is 2.11. The second kappa shape index (κ2) is 7.72. The van der Waals surface area contributed by atoms with Gasteiger partial charge >= 0.3 is 6.18 Å². The monoisotopic (exact) mass is 438 g/mol. The number of halogens is 3. The first kappa shape index (κ1) is 21.4. The minimum Gasteiger partial charge on any atom is -0.326 e. The zero-order chi connectivity index (χ0) is 22.5. The molecule has 1 aromatic rings. The summed E-state index contributed by atoms with van der Waals surface area (Å²) in [6.45, 7) is -0.0518. The lowest BCUT2D eigenvalue weighted by Crippen LogP contribution is -2.58. The molecule has 2 saturated heterocycles. The van der Waals surface area contributed by atoms with E-state index >= 15 is 0 Å². The first-order chi connectivity index (χ1) is 14.6. The van der Waals surface area contributed by atoms with Crippen LogP contribution in [0.15, 0.2) is 18.2 Å². The number of piperidine rings is 2. The fraction of sp³-hybridized carbons (Fsp3) is 0.500. The average molecular weight is 438 g/mol. The fourth-order valence-corrected chi connectivity index (χ4v) is 4.66. The highest BCUT2D eigenvalue weighted by Crippen LogP contribution is 2.35. The summed E-state index contributed by atoms with van der Waals surface area (Å²) in [6.07, 6.45) is -3.82. The molecule has 3 unspecified atom stereocenters.